The lowest BCUT2D eigenvalue weighted by Crippen LogP contribution is -2.38. The fourth-order valence-electron chi connectivity index (χ4n) is 2.58. The van der Waals surface area contributed by atoms with Gasteiger partial charge in [0, 0.05) is 24.2 Å². The Morgan fingerprint density at radius 1 is 1.33 bits per heavy atom. The van der Waals surface area contributed by atoms with Gasteiger partial charge in [-0.1, -0.05) is 29.4 Å². The number of pyridine rings is 1. The van der Waals surface area contributed by atoms with Crippen LogP contribution in [-0.2, 0) is 14.8 Å². The second kappa shape index (κ2) is 7.68. The lowest BCUT2D eigenvalue weighted by Gasteiger charge is -2.20. The summed E-state index contributed by atoms with van der Waals surface area (Å²) in [4.78, 5) is 16.5. The Balaban J connectivity index is 1.90. The van der Waals surface area contributed by atoms with Crippen molar-refractivity contribution in [3.05, 3.63) is 61.0 Å². The number of amides is 1. The Morgan fingerprint density at radius 2 is 2.11 bits per heavy atom. The van der Waals surface area contributed by atoms with Crippen LogP contribution in [-0.4, -0.2) is 41.9 Å². The van der Waals surface area contributed by atoms with Gasteiger partial charge in [0.15, 0.2) is 5.82 Å². The minimum Gasteiger partial charge on any atom is -0.360 e. The summed E-state index contributed by atoms with van der Waals surface area (Å²) in [5, 5.41) is 6.87. The molecule has 140 valence electrons. The lowest BCUT2D eigenvalue weighted by molar-refractivity contribution is -0.116. The van der Waals surface area contributed by atoms with Gasteiger partial charge >= 0.3 is 0 Å². The number of aryl methyl sites for hydroxylation is 1. The average molecular weight is 386 g/mol. The van der Waals surface area contributed by atoms with Crippen molar-refractivity contribution in [1.82, 2.24) is 14.4 Å². The second-order valence-corrected chi connectivity index (χ2v) is 7.69. The fraction of sp³-hybridized carbons (Fsp3) is 0.167. The van der Waals surface area contributed by atoms with E-state index in [0.29, 0.717) is 16.7 Å². The average Bonchev–Trinajstić information content (AvgIpc) is 3.05. The first kappa shape index (κ1) is 18.7. The van der Waals surface area contributed by atoms with Crippen LogP contribution in [0, 0.1) is 6.92 Å². The molecule has 1 aromatic carbocycles. The molecule has 0 aliphatic carbocycles. The molecule has 0 fully saturated rings. The zero-order chi connectivity index (χ0) is 19.4. The smallest absolute Gasteiger partial charge is 0.246 e. The molecule has 27 heavy (non-hydrogen) atoms. The van der Waals surface area contributed by atoms with Crippen molar-refractivity contribution in [3.8, 4) is 0 Å². The number of aromatic nitrogens is 2. The van der Waals surface area contributed by atoms with Crippen molar-refractivity contribution in [1.29, 1.82) is 0 Å². The third-order valence-corrected chi connectivity index (χ3v) is 5.60. The molecule has 3 aromatic rings. The van der Waals surface area contributed by atoms with E-state index in [-0.39, 0.29) is 17.3 Å². The summed E-state index contributed by atoms with van der Waals surface area (Å²) >= 11 is 0. The van der Waals surface area contributed by atoms with E-state index in [2.05, 4.69) is 22.0 Å². The monoisotopic (exact) mass is 386 g/mol. The van der Waals surface area contributed by atoms with Crippen LogP contribution in [0.15, 0.2) is 64.7 Å². The topological polar surface area (TPSA) is 105 Å². The Morgan fingerprint density at radius 3 is 2.81 bits per heavy atom. The van der Waals surface area contributed by atoms with E-state index in [1.54, 1.807) is 37.3 Å². The van der Waals surface area contributed by atoms with Crippen LogP contribution >= 0.6 is 0 Å². The number of carbonyl (C=O) groups is 1. The number of nitrogens with zero attached hydrogens (tertiary/aromatic N) is 3. The molecule has 0 spiro atoms. The Labute approximate surface area is 156 Å². The first-order chi connectivity index (χ1) is 12.9. The number of para-hydroxylation sites is 1. The molecule has 3 rings (SSSR count). The predicted octanol–water partition coefficient (Wildman–Crippen LogP) is 2.35. The largest absolute Gasteiger partial charge is 0.360 e. The molecule has 1 amide bonds. The van der Waals surface area contributed by atoms with Gasteiger partial charge in [-0.3, -0.25) is 9.78 Å². The number of hydrogen-bond acceptors (Lipinski definition) is 6. The number of hydrogen-bond donors (Lipinski definition) is 1. The SMILES string of the molecule is C=CCN(CC(=O)Nc1cc(C)on1)S(=O)(=O)c1cccc2cccnc12. The number of sulfonamides is 1. The van der Waals surface area contributed by atoms with Crippen LogP contribution in [0.25, 0.3) is 10.9 Å². The summed E-state index contributed by atoms with van der Waals surface area (Å²) < 4.78 is 32.2. The molecule has 0 radical (unpaired) electrons. The highest BCUT2D eigenvalue weighted by molar-refractivity contribution is 7.89. The fourth-order valence-corrected chi connectivity index (χ4v) is 4.12. The van der Waals surface area contributed by atoms with E-state index >= 15 is 0 Å². The van der Waals surface area contributed by atoms with Crippen molar-refractivity contribution in [2.24, 2.45) is 0 Å². The molecule has 0 aliphatic heterocycles. The molecule has 9 heteroatoms. The summed E-state index contributed by atoms with van der Waals surface area (Å²) in [7, 11) is -3.98. The molecule has 0 aliphatic rings. The number of anilines is 1. The molecule has 8 nitrogen and oxygen atoms in total. The van der Waals surface area contributed by atoms with Crippen LogP contribution in [0.1, 0.15) is 5.76 Å². The Bertz CT molecular complexity index is 1090. The number of rotatable bonds is 7. The normalized spacial score (nSPS) is 11.6. The van der Waals surface area contributed by atoms with Gasteiger partial charge in [-0.25, -0.2) is 8.42 Å². The lowest BCUT2D eigenvalue weighted by atomic mass is 10.2. The Hall–Kier alpha value is -3.04. The van der Waals surface area contributed by atoms with Gasteiger partial charge in [-0.15, -0.1) is 6.58 Å². The van der Waals surface area contributed by atoms with Crippen molar-refractivity contribution >= 4 is 32.7 Å². The van der Waals surface area contributed by atoms with Gasteiger partial charge in [0.25, 0.3) is 0 Å². The van der Waals surface area contributed by atoms with Crippen LogP contribution < -0.4 is 5.32 Å². The first-order valence-electron chi connectivity index (χ1n) is 8.10. The highest BCUT2D eigenvalue weighted by atomic mass is 32.2. The van der Waals surface area contributed by atoms with Gasteiger partial charge in [0.05, 0.1) is 12.1 Å². The van der Waals surface area contributed by atoms with Crippen molar-refractivity contribution in [3.63, 3.8) is 0 Å². The number of carbonyl (C=O) groups excluding carboxylic acids is 1. The standard InChI is InChI=1S/C18H18N4O4S/c1-3-10-22(12-17(23)20-16-11-13(2)26-21-16)27(24,25)15-8-4-6-14-7-5-9-19-18(14)15/h3-9,11H,1,10,12H2,2H3,(H,20,21,23). The molecule has 0 unspecified atom stereocenters. The maximum atomic E-state index is 13.2. The highest BCUT2D eigenvalue weighted by Gasteiger charge is 2.28. The maximum Gasteiger partial charge on any atom is 0.246 e. The molecular weight excluding hydrogens is 368 g/mol. The van der Waals surface area contributed by atoms with Gasteiger partial charge in [-0.2, -0.15) is 4.31 Å². The molecule has 1 N–H and O–H groups in total. The minimum absolute atomic E-state index is 0.0309. The molecule has 2 heterocycles. The molecule has 0 bridgehead atoms. The number of nitrogens with one attached hydrogen (secondary N) is 1. The van der Waals surface area contributed by atoms with Crippen molar-refractivity contribution < 1.29 is 17.7 Å². The van der Waals surface area contributed by atoms with Crippen LogP contribution in [0.4, 0.5) is 5.82 Å². The summed E-state index contributed by atoms with van der Waals surface area (Å²) in [5.41, 5.74) is 0.349. The highest BCUT2D eigenvalue weighted by Crippen LogP contribution is 2.24. The van der Waals surface area contributed by atoms with Crippen LogP contribution in [0.2, 0.25) is 0 Å². The minimum atomic E-state index is -3.98. The molecule has 0 saturated heterocycles. The number of benzene rings is 1. The first-order valence-corrected chi connectivity index (χ1v) is 9.54. The summed E-state index contributed by atoms with van der Waals surface area (Å²) in [5.74, 6) is 0.213. The van der Waals surface area contributed by atoms with Crippen molar-refractivity contribution in [2.45, 2.75) is 11.8 Å². The van der Waals surface area contributed by atoms with E-state index in [4.69, 9.17) is 4.52 Å². The van der Waals surface area contributed by atoms with E-state index in [9.17, 15) is 13.2 Å². The van der Waals surface area contributed by atoms with Crippen molar-refractivity contribution in [2.75, 3.05) is 18.4 Å². The summed E-state index contributed by atoms with van der Waals surface area (Å²) in [6.07, 6.45) is 2.95. The van der Waals surface area contributed by atoms with Gasteiger partial charge in [0.1, 0.15) is 10.7 Å². The van der Waals surface area contributed by atoms with Crippen LogP contribution in [0.3, 0.4) is 0 Å². The summed E-state index contributed by atoms with van der Waals surface area (Å²) in [6, 6.07) is 9.94. The van der Waals surface area contributed by atoms with Gasteiger partial charge < -0.3 is 9.84 Å². The third kappa shape index (κ3) is 4.04. The molecule has 0 saturated carbocycles. The molecule has 0 atom stereocenters. The quantitative estimate of drug-likeness (QED) is 0.625. The molecular formula is C18H18N4O4S. The zero-order valence-corrected chi connectivity index (χ0v) is 15.4. The summed E-state index contributed by atoms with van der Waals surface area (Å²) in [6.45, 7) is 4.84. The Kier molecular flexibility index (Phi) is 5.33. The van der Waals surface area contributed by atoms with E-state index in [1.165, 1.54) is 18.3 Å². The van der Waals surface area contributed by atoms with E-state index in [1.807, 2.05) is 0 Å². The predicted molar refractivity (Wildman–Crippen MR) is 101 cm³/mol. The van der Waals surface area contributed by atoms with E-state index in [0.717, 1.165) is 4.31 Å². The second-order valence-electron chi connectivity index (χ2n) is 5.79. The number of fused-ring (bicyclic) bond motifs is 1. The maximum absolute atomic E-state index is 13.2. The molecule has 2 aromatic heterocycles. The van der Waals surface area contributed by atoms with Crippen LogP contribution in [0.5, 0.6) is 0 Å². The van der Waals surface area contributed by atoms with Gasteiger partial charge in [-0.05, 0) is 19.1 Å². The third-order valence-electron chi connectivity index (χ3n) is 3.76. The zero-order valence-electron chi connectivity index (χ0n) is 14.6. The van der Waals surface area contributed by atoms with E-state index < -0.39 is 22.5 Å². The van der Waals surface area contributed by atoms with Gasteiger partial charge in [0.2, 0.25) is 15.9 Å².